The van der Waals surface area contributed by atoms with Crippen LogP contribution in [0.4, 0.5) is 0 Å². The van der Waals surface area contributed by atoms with E-state index in [1.54, 1.807) is 41.0 Å². The third kappa shape index (κ3) is 3.60. The molecular formula is C17H17N3OS2. The summed E-state index contributed by atoms with van der Waals surface area (Å²) in [5.74, 6) is 0.215. The smallest absolute Gasteiger partial charge is 0.206 e. The van der Waals surface area contributed by atoms with Gasteiger partial charge in [-0.3, -0.25) is 4.99 Å². The molecule has 3 rings (SSSR count). The van der Waals surface area contributed by atoms with Gasteiger partial charge in [0.15, 0.2) is 0 Å². The Kier molecular flexibility index (Phi) is 4.73. The summed E-state index contributed by atoms with van der Waals surface area (Å²) in [6.45, 7) is 4.09. The predicted octanol–water partition coefficient (Wildman–Crippen LogP) is 4.18. The number of benzene rings is 1. The quantitative estimate of drug-likeness (QED) is 0.710. The lowest BCUT2D eigenvalue weighted by atomic mass is 10.2. The molecule has 0 aliphatic carbocycles. The Bertz CT molecular complexity index is 873. The lowest BCUT2D eigenvalue weighted by molar-refractivity contribution is 0.474. The third-order valence-corrected chi connectivity index (χ3v) is 4.80. The van der Waals surface area contributed by atoms with Gasteiger partial charge >= 0.3 is 0 Å². The van der Waals surface area contributed by atoms with Crippen molar-refractivity contribution in [2.45, 2.75) is 19.9 Å². The van der Waals surface area contributed by atoms with Crippen LogP contribution in [0.2, 0.25) is 0 Å². The van der Waals surface area contributed by atoms with Crippen LogP contribution >= 0.6 is 22.7 Å². The molecule has 0 radical (unpaired) electrons. The number of aromatic hydroxyl groups is 1. The van der Waals surface area contributed by atoms with Crippen molar-refractivity contribution in [1.29, 1.82) is 0 Å². The fourth-order valence-electron chi connectivity index (χ4n) is 2.03. The SMILES string of the molecule is CC(C)N=c1scc(-c2cccs2)n1N=Cc1ccccc1O. The number of thiophene rings is 1. The van der Waals surface area contributed by atoms with Crippen molar-refractivity contribution < 1.29 is 5.11 Å². The summed E-state index contributed by atoms with van der Waals surface area (Å²) in [6.07, 6.45) is 1.67. The molecule has 0 unspecified atom stereocenters. The summed E-state index contributed by atoms with van der Waals surface area (Å²) in [4.78, 5) is 6.62. The van der Waals surface area contributed by atoms with Crippen LogP contribution in [-0.2, 0) is 0 Å². The zero-order valence-corrected chi connectivity index (χ0v) is 14.5. The summed E-state index contributed by atoms with van der Waals surface area (Å²) in [6, 6.07) is 11.4. The van der Waals surface area contributed by atoms with Crippen LogP contribution in [0.25, 0.3) is 10.6 Å². The summed E-state index contributed by atoms with van der Waals surface area (Å²) in [5.41, 5.74) is 1.69. The molecule has 0 fully saturated rings. The second kappa shape index (κ2) is 6.93. The van der Waals surface area contributed by atoms with Crippen LogP contribution in [0.1, 0.15) is 19.4 Å². The highest BCUT2D eigenvalue weighted by Gasteiger charge is 2.08. The minimum atomic E-state index is 0.191. The van der Waals surface area contributed by atoms with Crippen LogP contribution in [0.15, 0.2) is 57.3 Å². The fraction of sp³-hybridized carbons (Fsp3) is 0.176. The first-order valence-corrected chi connectivity index (χ1v) is 9.01. The Labute approximate surface area is 142 Å². The van der Waals surface area contributed by atoms with Gasteiger partial charge in [-0.1, -0.05) is 18.2 Å². The topological polar surface area (TPSA) is 49.9 Å². The van der Waals surface area contributed by atoms with Crippen molar-refractivity contribution >= 4 is 28.9 Å². The van der Waals surface area contributed by atoms with E-state index in [0.29, 0.717) is 5.56 Å². The number of phenols is 1. The molecule has 2 aromatic heterocycles. The summed E-state index contributed by atoms with van der Waals surface area (Å²) in [7, 11) is 0. The van der Waals surface area contributed by atoms with Crippen molar-refractivity contribution in [2.75, 3.05) is 0 Å². The lowest BCUT2D eigenvalue weighted by Gasteiger charge is -2.02. The summed E-state index contributed by atoms with van der Waals surface area (Å²) >= 11 is 3.24. The Balaban J connectivity index is 2.09. The van der Waals surface area contributed by atoms with Crippen molar-refractivity contribution in [3.05, 3.63) is 57.5 Å². The van der Waals surface area contributed by atoms with Gasteiger partial charge in [0.1, 0.15) is 5.75 Å². The molecule has 6 heteroatoms. The van der Waals surface area contributed by atoms with E-state index in [9.17, 15) is 5.11 Å². The number of rotatable bonds is 4. The summed E-state index contributed by atoms with van der Waals surface area (Å²) < 4.78 is 1.84. The van der Waals surface area contributed by atoms with Gasteiger partial charge in [0.25, 0.3) is 0 Å². The maximum Gasteiger partial charge on any atom is 0.206 e. The Hall–Kier alpha value is -2.18. The maximum absolute atomic E-state index is 9.89. The van der Waals surface area contributed by atoms with E-state index in [1.807, 2.05) is 42.1 Å². The second-order valence-corrected chi connectivity index (χ2v) is 7.00. The number of hydrogen-bond acceptors (Lipinski definition) is 5. The van der Waals surface area contributed by atoms with E-state index in [1.165, 1.54) is 0 Å². The van der Waals surface area contributed by atoms with Crippen molar-refractivity contribution in [3.63, 3.8) is 0 Å². The molecule has 0 aliphatic heterocycles. The van der Waals surface area contributed by atoms with E-state index in [0.717, 1.165) is 15.4 Å². The Morgan fingerprint density at radius 2 is 1.96 bits per heavy atom. The van der Waals surface area contributed by atoms with Crippen LogP contribution in [0.3, 0.4) is 0 Å². The molecule has 3 aromatic rings. The van der Waals surface area contributed by atoms with E-state index in [-0.39, 0.29) is 11.8 Å². The van der Waals surface area contributed by atoms with E-state index >= 15 is 0 Å². The molecule has 0 atom stereocenters. The Morgan fingerprint density at radius 3 is 2.65 bits per heavy atom. The van der Waals surface area contributed by atoms with E-state index < -0.39 is 0 Å². The monoisotopic (exact) mass is 343 g/mol. The van der Waals surface area contributed by atoms with Crippen LogP contribution in [0.5, 0.6) is 5.75 Å². The normalized spacial score (nSPS) is 12.6. The molecule has 0 bridgehead atoms. The van der Waals surface area contributed by atoms with Crippen molar-refractivity contribution in [1.82, 2.24) is 4.68 Å². The molecule has 23 heavy (non-hydrogen) atoms. The molecule has 2 heterocycles. The molecule has 0 spiro atoms. The van der Waals surface area contributed by atoms with Crippen LogP contribution in [0, 0.1) is 0 Å². The van der Waals surface area contributed by atoms with Crippen LogP contribution in [-0.4, -0.2) is 22.0 Å². The minimum absolute atomic E-state index is 0.191. The fourth-order valence-corrected chi connectivity index (χ4v) is 3.79. The maximum atomic E-state index is 9.89. The van der Waals surface area contributed by atoms with Gasteiger partial charge in [-0.25, -0.2) is 4.68 Å². The molecule has 1 N–H and O–H groups in total. The molecular weight excluding hydrogens is 326 g/mol. The number of hydrogen-bond donors (Lipinski definition) is 1. The van der Waals surface area contributed by atoms with E-state index in [4.69, 9.17) is 0 Å². The first kappa shape index (κ1) is 15.7. The van der Waals surface area contributed by atoms with Gasteiger partial charge in [0.05, 0.1) is 16.8 Å². The molecule has 1 aromatic carbocycles. The second-order valence-electron chi connectivity index (χ2n) is 5.22. The van der Waals surface area contributed by atoms with Crippen LogP contribution < -0.4 is 4.80 Å². The first-order chi connectivity index (χ1) is 11.1. The average Bonchev–Trinajstić information content (AvgIpc) is 3.15. The van der Waals surface area contributed by atoms with E-state index in [2.05, 4.69) is 21.5 Å². The number of phenolic OH excluding ortho intramolecular Hbond substituents is 1. The highest BCUT2D eigenvalue weighted by molar-refractivity contribution is 7.14. The zero-order valence-electron chi connectivity index (χ0n) is 12.9. The standard InChI is InChI=1S/C17H17N3OS2/c1-12(2)19-17-20(14(11-23-17)16-8-5-9-22-16)18-10-13-6-3-4-7-15(13)21/h3-12,21H,1-2H3. The van der Waals surface area contributed by atoms with Crippen molar-refractivity contribution in [2.24, 2.45) is 10.1 Å². The summed E-state index contributed by atoms with van der Waals surface area (Å²) in [5, 5.41) is 18.6. The lowest BCUT2D eigenvalue weighted by Crippen LogP contribution is -2.14. The first-order valence-electron chi connectivity index (χ1n) is 7.26. The van der Waals surface area contributed by atoms with Crippen molar-refractivity contribution in [3.8, 4) is 16.3 Å². The Morgan fingerprint density at radius 1 is 1.13 bits per heavy atom. The average molecular weight is 343 g/mol. The van der Waals surface area contributed by atoms with Gasteiger partial charge < -0.3 is 5.11 Å². The van der Waals surface area contributed by atoms with Gasteiger partial charge in [0, 0.05) is 17.0 Å². The highest BCUT2D eigenvalue weighted by atomic mass is 32.1. The molecule has 118 valence electrons. The van der Waals surface area contributed by atoms with Gasteiger partial charge in [-0.2, -0.15) is 5.10 Å². The van der Waals surface area contributed by atoms with Gasteiger partial charge in [-0.15, -0.1) is 22.7 Å². The van der Waals surface area contributed by atoms with Gasteiger partial charge in [0.2, 0.25) is 4.80 Å². The van der Waals surface area contributed by atoms with Gasteiger partial charge in [-0.05, 0) is 37.4 Å². The number of para-hydroxylation sites is 1. The molecule has 0 saturated carbocycles. The number of aromatic nitrogens is 1. The number of nitrogens with zero attached hydrogens (tertiary/aromatic N) is 3. The largest absolute Gasteiger partial charge is 0.507 e. The molecule has 0 aliphatic rings. The molecule has 0 amide bonds. The predicted molar refractivity (Wildman–Crippen MR) is 97.4 cm³/mol. The highest BCUT2D eigenvalue weighted by Crippen LogP contribution is 2.25. The minimum Gasteiger partial charge on any atom is -0.507 e. The zero-order chi connectivity index (χ0) is 16.2. The molecule has 4 nitrogen and oxygen atoms in total. The third-order valence-electron chi connectivity index (χ3n) is 3.08. The number of thiazole rings is 1. The molecule has 0 saturated heterocycles.